The van der Waals surface area contributed by atoms with Crippen LogP contribution in [0, 0.1) is 5.92 Å². The number of anilines is 1. The van der Waals surface area contributed by atoms with E-state index in [4.69, 9.17) is 14.2 Å². The molecule has 1 aliphatic heterocycles. The van der Waals surface area contributed by atoms with E-state index in [1.807, 2.05) is 26.8 Å². The summed E-state index contributed by atoms with van der Waals surface area (Å²) in [4.78, 5) is 19.6. The number of hydrogen-bond acceptors (Lipinski definition) is 6. The Morgan fingerprint density at radius 1 is 1.26 bits per heavy atom. The van der Waals surface area contributed by atoms with Gasteiger partial charge in [0.05, 0.1) is 10.7 Å². The van der Waals surface area contributed by atoms with Gasteiger partial charge in [0, 0.05) is 25.8 Å². The molecule has 1 aliphatic carbocycles. The molecular weight excluding hydrogens is 464 g/mol. The zero-order valence-electron chi connectivity index (χ0n) is 18.5. The lowest BCUT2D eigenvalue weighted by atomic mass is 10.00. The molecule has 1 amide bonds. The van der Waals surface area contributed by atoms with Crippen LogP contribution in [0.4, 0.5) is 10.6 Å². The Hall–Kier alpha value is -1.87. The Morgan fingerprint density at radius 3 is 2.65 bits per heavy atom. The smallest absolute Gasteiger partial charge is 0.416 e. The monoisotopic (exact) mass is 494 g/mol. The normalized spacial score (nSPS) is 18.5. The highest BCUT2D eigenvalue weighted by atomic mass is 79.9. The molecule has 2 aromatic rings. The second kappa shape index (κ2) is 9.32. The molecule has 1 saturated heterocycles. The van der Waals surface area contributed by atoms with Gasteiger partial charge in [-0.1, -0.05) is 0 Å². The number of hydrogen-bond donors (Lipinski definition) is 0. The number of aromatic nitrogens is 3. The van der Waals surface area contributed by atoms with Crippen molar-refractivity contribution in [3.05, 3.63) is 16.7 Å². The molecule has 9 heteroatoms. The van der Waals surface area contributed by atoms with Gasteiger partial charge in [-0.15, -0.1) is 0 Å². The van der Waals surface area contributed by atoms with E-state index < -0.39 is 11.7 Å². The fraction of sp³-hybridized carbons (Fsp3) is 0.682. The summed E-state index contributed by atoms with van der Waals surface area (Å²) in [5.74, 6) is 1.43. The molecule has 0 atom stereocenters. The number of rotatable bonds is 5. The van der Waals surface area contributed by atoms with E-state index in [9.17, 15) is 4.79 Å². The number of carbonyl (C=O) groups is 1. The third-order valence-electron chi connectivity index (χ3n) is 5.65. The highest BCUT2D eigenvalue weighted by Crippen LogP contribution is 2.31. The van der Waals surface area contributed by atoms with E-state index in [2.05, 4.69) is 26.0 Å². The molecule has 0 N–H and O–H groups in total. The summed E-state index contributed by atoms with van der Waals surface area (Å²) in [6.07, 6.45) is 7.66. The molecule has 0 bridgehead atoms. The third kappa shape index (κ3) is 5.49. The first-order valence-electron chi connectivity index (χ1n) is 11.1. The zero-order valence-corrected chi connectivity index (χ0v) is 20.1. The van der Waals surface area contributed by atoms with Crippen LogP contribution in [0.15, 0.2) is 16.7 Å². The molecule has 170 valence electrons. The Morgan fingerprint density at radius 2 is 1.97 bits per heavy atom. The van der Waals surface area contributed by atoms with Crippen molar-refractivity contribution >= 4 is 33.5 Å². The van der Waals surface area contributed by atoms with E-state index in [0.717, 1.165) is 30.2 Å². The largest absolute Gasteiger partial charge is 0.474 e. The minimum atomic E-state index is -0.606. The number of amides is 1. The van der Waals surface area contributed by atoms with Crippen LogP contribution in [0.1, 0.15) is 59.3 Å². The summed E-state index contributed by atoms with van der Waals surface area (Å²) in [7, 11) is 0. The van der Waals surface area contributed by atoms with Gasteiger partial charge in [-0.3, -0.25) is 4.90 Å². The number of halogens is 1. The van der Waals surface area contributed by atoms with Crippen LogP contribution < -0.4 is 9.64 Å². The van der Waals surface area contributed by atoms with Crippen molar-refractivity contribution in [1.29, 1.82) is 0 Å². The first-order chi connectivity index (χ1) is 14.8. The predicted molar refractivity (Wildman–Crippen MR) is 121 cm³/mol. The summed E-state index contributed by atoms with van der Waals surface area (Å²) in [5.41, 5.74) is 0.0106. The molecule has 3 heterocycles. The van der Waals surface area contributed by atoms with Gasteiger partial charge in [0.1, 0.15) is 17.5 Å². The lowest BCUT2D eigenvalue weighted by molar-refractivity contribution is 0.0512. The van der Waals surface area contributed by atoms with Gasteiger partial charge in [0.15, 0.2) is 5.65 Å². The molecule has 31 heavy (non-hydrogen) atoms. The van der Waals surface area contributed by atoms with Crippen LogP contribution in [-0.4, -0.2) is 52.2 Å². The maximum absolute atomic E-state index is 13.3. The summed E-state index contributed by atoms with van der Waals surface area (Å²) >= 11 is 3.53. The minimum absolute atomic E-state index is 0.162. The Kier molecular flexibility index (Phi) is 6.71. The van der Waals surface area contributed by atoms with E-state index >= 15 is 0 Å². The van der Waals surface area contributed by atoms with Crippen LogP contribution in [0.25, 0.3) is 5.65 Å². The van der Waals surface area contributed by atoms with Gasteiger partial charge in [-0.25, -0.2) is 4.79 Å². The van der Waals surface area contributed by atoms with Crippen molar-refractivity contribution in [3.63, 3.8) is 0 Å². The van der Waals surface area contributed by atoms with E-state index in [1.165, 1.54) is 12.8 Å². The van der Waals surface area contributed by atoms with Gasteiger partial charge in [0.2, 0.25) is 5.88 Å². The van der Waals surface area contributed by atoms with E-state index in [0.29, 0.717) is 43.0 Å². The summed E-state index contributed by atoms with van der Waals surface area (Å²) in [6, 6.07) is 1.81. The van der Waals surface area contributed by atoms with Crippen molar-refractivity contribution in [1.82, 2.24) is 14.6 Å². The van der Waals surface area contributed by atoms with Gasteiger partial charge < -0.3 is 14.2 Å². The van der Waals surface area contributed by atoms with Crippen molar-refractivity contribution in [2.45, 2.75) is 71.0 Å². The van der Waals surface area contributed by atoms with Crippen molar-refractivity contribution < 1.29 is 19.0 Å². The maximum Gasteiger partial charge on any atom is 0.416 e. The predicted octanol–water partition coefficient (Wildman–Crippen LogP) is 4.98. The summed E-state index contributed by atoms with van der Waals surface area (Å²) in [5, 5.41) is 4.46. The fourth-order valence-corrected chi connectivity index (χ4v) is 4.44. The van der Waals surface area contributed by atoms with Crippen molar-refractivity contribution in [3.8, 4) is 5.88 Å². The average molecular weight is 495 g/mol. The van der Waals surface area contributed by atoms with Gasteiger partial charge >= 0.3 is 6.09 Å². The number of nitrogens with zero attached hydrogens (tertiary/aromatic N) is 4. The molecule has 2 aromatic heterocycles. The van der Waals surface area contributed by atoms with Gasteiger partial charge in [-0.05, 0) is 81.1 Å². The molecule has 0 radical (unpaired) electrons. The zero-order chi connectivity index (χ0) is 22.0. The Labute approximate surface area is 191 Å². The van der Waals surface area contributed by atoms with E-state index in [1.54, 1.807) is 15.6 Å². The molecule has 8 nitrogen and oxygen atoms in total. The second-order valence-electron chi connectivity index (χ2n) is 9.35. The van der Waals surface area contributed by atoms with Crippen molar-refractivity contribution in [2.75, 3.05) is 24.7 Å². The second-order valence-corrected chi connectivity index (χ2v) is 10.2. The Balaban J connectivity index is 1.72. The van der Waals surface area contributed by atoms with Crippen molar-refractivity contribution in [2.24, 2.45) is 5.92 Å². The molecule has 4 rings (SSSR count). The highest BCUT2D eigenvalue weighted by Gasteiger charge is 2.30. The first kappa shape index (κ1) is 22.3. The standard InChI is InChI=1S/C22H31BrN4O4/c1-22(2,3)31-21(28)26(14-15-8-10-29-11-9-15)19-12-18(30-16-6-4-5-7-16)25-20-17(23)13-24-27(19)20/h12-13,15-16H,4-11,14H2,1-3H3. The molecule has 2 aliphatic rings. The Bertz CT molecular complexity index is 914. The van der Waals surface area contributed by atoms with E-state index in [-0.39, 0.29) is 6.10 Å². The minimum Gasteiger partial charge on any atom is -0.474 e. The summed E-state index contributed by atoms with van der Waals surface area (Å²) in [6.45, 7) is 7.57. The highest BCUT2D eigenvalue weighted by molar-refractivity contribution is 9.10. The number of fused-ring (bicyclic) bond motifs is 1. The van der Waals surface area contributed by atoms with Gasteiger partial charge in [-0.2, -0.15) is 14.6 Å². The van der Waals surface area contributed by atoms with Crippen LogP contribution in [0.2, 0.25) is 0 Å². The summed E-state index contributed by atoms with van der Waals surface area (Å²) < 4.78 is 19.9. The van der Waals surface area contributed by atoms with Gasteiger partial charge in [0.25, 0.3) is 0 Å². The van der Waals surface area contributed by atoms with Crippen LogP contribution >= 0.6 is 15.9 Å². The molecule has 0 aromatic carbocycles. The lowest BCUT2D eigenvalue weighted by Crippen LogP contribution is -2.41. The average Bonchev–Trinajstić information content (AvgIpc) is 3.35. The lowest BCUT2D eigenvalue weighted by Gasteiger charge is -2.31. The van der Waals surface area contributed by atoms with Crippen LogP contribution in [0.5, 0.6) is 5.88 Å². The molecule has 0 spiro atoms. The van der Waals surface area contributed by atoms with Crippen LogP contribution in [-0.2, 0) is 9.47 Å². The molecule has 0 unspecified atom stereocenters. The molecule has 2 fully saturated rings. The maximum atomic E-state index is 13.3. The fourth-order valence-electron chi connectivity index (χ4n) is 4.09. The number of carbonyl (C=O) groups excluding carboxylic acids is 1. The SMILES string of the molecule is CC(C)(C)OC(=O)N(CC1CCOCC1)c1cc(OC2CCCC2)nc2c(Br)cnn12. The quantitative estimate of drug-likeness (QED) is 0.582. The first-order valence-corrected chi connectivity index (χ1v) is 11.9. The topological polar surface area (TPSA) is 78.2 Å². The molecular formula is C22H31BrN4O4. The number of ether oxygens (including phenoxy) is 3. The molecule has 1 saturated carbocycles. The van der Waals surface area contributed by atoms with Crippen LogP contribution in [0.3, 0.4) is 0 Å². The third-order valence-corrected chi connectivity index (χ3v) is 6.21.